The average Bonchev–Trinajstić information content (AvgIpc) is 2.94. The SMILES string of the molecule is CC1(C)C2CN(C(=O)CC3CC3)CC21. The molecule has 0 aromatic rings. The fraction of sp³-hybridized carbons (Fsp3) is 0.917. The number of hydrogen-bond donors (Lipinski definition) is 0. The minimum Gasteiger partial charge on any atom is -0.342 e. The van der Waals surface area contributed by atoms with Gasteiger partial charge in [-0.3, -0.25) is 4.79 Å². The van der Waals surface area contributed by atoms with Crippen molar-refractivity contribution in [1.29, 1.82) is 0 Å². The summed E-state index contributed by atoms with van der Waals surface area (Å²) < 4.78 is 0. The van der Waals surface area contributed by atoms with E-state index in [1.807, 2.05) is 0 Å². The molecule has 2 nitrogen and oxygen atoms in total. The molecule has 2 unspecified atom stereocenters. The molecule has 3 aliphatic rings. The maximum atomic E-state index is 11.8. The number of hydrogen-bond acceptors (Lipinski definition) is 1. The molecule has 1 saturated heterocycles. The molecule has 2 aliphatic carbocycles. The van der Waals surface area contributed by atoms with Crippen LogP contribution in [-0.4, -0.2) is 23.9 Å². The highest BCUT2D eigenvalue weighted by molar-refractivity contribution is 5.77. The predicted octanol–water partition coefficient (Wildman–Crippen LogP) is 1.90. The molecule has 1 heterocycles. The standard InChI is InChI=1S/C12H19NO/c1-12(2)9-6-13(7-10(9)12)11(14)5-8-3-4-8/h8-10H,3-7H2,1-2H3. The minimum absolute atomic E-state index is 0.426. The number of carbonyl (C=O) groups excluding carboxylic acids is 1. The Morgan fingerprint density at radius 2 is 1.86 bits per heavy atom. The van der Waals surface area contributed by atoms with Crippen LogP contribution in [0.5, 0.6) is 0 Å². The summed E-state index contributed by atoms with van der Waals surface area (Å²) in [7, 11) is 0. The van der Waals surface area contributed by atoms with Gasteiger partial charge in [-0.15, -0.1) is 0 Å². The first-order valence-electron chi connectivity index (χ1n) is 5.87. The van der Waals surface area contributed by atoms with Gasteiger partial charge in [0, 0.05) is 19.5 Å². The summed E-state index contributed by atoms with van der Waals surface area (Å²) in [4.78, 5) is 13.9. The Balaban J connectivity index is 1.55. The highest BCUT2D eigenvalue weighted by Crippen LogP contribution is 2.62. The highest BCUT2D eigenvalue weighted by Gasteiger charge is 2.62. The van der Waals surface area contributed by atoms with Crippen LogP contribution in [-0.2, 0) is 4.79 Å². The Morgan fingerprint density at radius 3 is 2.36 bits per heavy atom. The van der Waals surface area contributed by atoms with Crippen molar-refractivity contribution in [2.45, 2.75) is 33.1 Å². The molecule has 0 spiro atoms. The van der Waals surface area contributed by atoms with Crippen LogP contribution in [0.4, 0.5) is 0 Å². The Morgan fingerprint density at radius 1 is 1.29 bits per heavy atom. The smallest absolute Gasteiger partial charge is 0.222 e. The molecule has 3 fully saturated rings. The molecule has 0 bridgehead atoms. The van der Waals surface area contributed by atoms with E-state index in [2.05, 4.69) is 18.7 Å². The van der Waals surface area contributed by atoms with Crippen molar-refractivity contribution in [2.75, 3.05) is 13.1 Å². The summed E-state index contributed by atoms with van der Waals surface area (Å²) in [6.45, 7) is 6.77. The van der Waals surface area contributed by atoms with Gasteiger partial charge >= 0.3 is 0 Å². The molecule has 78 valence electrons. The van der Waals surface area contributed by atoms with E-state index in [1.54, 1.807) is 0 Å². The van der Waals surface area contributed by atoms with Gasteiger partial charge in [-0.25, -0.2) is 0 Å². The fourth-order valence-electron chi connectivity index (χ4n) is 3.03. The summed E-state index contributed by atoms with van der Waals surface area (Å²) in [6, 6.07) is 0. The minimum atomic E-state index is 0.426. The van der Waals surface area contributed by atoms with Crippen molar-refractivity contribution in [3.8, 4) is 0 Å². The first-order valence-corrected chi connectivity index (χ1v) is 5.87. The average molecular weight is 193 g/mol. The summed E-state index contributed by atoms with van der Waals surface area (Å²) in [6.07, 6.45) is 3.41. The van der Waals surface area contributed by atoms with Crippen LogP contribution in [0.25, 0.3) is 0 Å². The number of amides is 1. The number of carbonyl (C=O) groups is 1. The van der Waals surface area contributed by atoms with Crippen LogP contribution < -0.4 is 0 Å². The maximum Gasteiger partial charge on any atom is 0.222 e. The van der Waals surface area contributed by atoms with Crippen molar-refractivity contribution in [3.63, 3.8) is 0 Å². The van der Waals surface area contributed by atoms with Gasteiger partial charge in [0.2, 0.25) is 5.91 Å². The van der Waals surface area contributed by atoms with Gasteiger partial charge in [0.05, 0.1) is 0 Å². The van der Waals surface area contributed by atoms with Crippen molar-refractivity contribution >= 4 is 5.91 Å². The topological polar surface area (TPSA) is 20.3 Å². The Labute approximate surface area is 85.7 Å². The number of piperidine rings is 1. The molecule has 2 heteroatoms. The lowest BCUT2D eigenvalue weighted by Crippen LogP contribution is -2.32. The molecular weight excluding hydrogens is 174 g/mol. The molecule has 1 amide bonds. The van der Waals surface area contributed by atoms with E-state index < -0.39 is 0 Å². The van der Waals surface area contributed by atoms with E-state index in [0.717, 1.165) is 37.3 Å². The molecule has 1 aliphatic heterocycles. The zero-order valence-electron chi connectivity index (χ0n) is 9.12. The number of rotatable bonds is 2. The third kappa shape index (κ3) is 1.19. The molecule has 0 N–H and O–H groups in total. The monoisotopic (exact) mass is 193 g/mol. The molecule has 2 saturated carbocycles. The van der Waals surface area contributed by atoms with Crippen LogP contribution in [0.1, 0.15) is 33.1 Å². The Hall–Kier alpha value is -0.530. The fourth-order valence-corrected chi connectivity index (χ4v) is 3.03. The maximum absolute atomic E-state index is 11.8. The van der Waals surface area contributed by atoms with Crippen LogP contribution in [0.3, 0.4) is 0 Å². The zero-order valence-corrected chi connectivity index (χ0v) is 9.12. The van der Waals surface area contributed by atoms with Crippen molar-refractivity contribution < 1.29 is 4.79 Å². The van der Waals surface area contributed by atoms with Crippen LogP contribution >= 0.6 is 0 Å². The molecule has 3 rings (SSSR count). The van der Waals surface area contributed by atoms with E-state index in [4.69, 9.17) is 0 Å². The lowest BCUT2D eigenvalue weighted by Gasteiger charge is -2.22. The van der Waals surface area contributed by atoms with Gasteiger partial charge in [0.15, 0.2) is 0 Å². The third-order valence-corrected chi connectivity index (χ3v) is 4.63. The van der Waals surface area contributed by atoms with E-state index in [-0.39, 0.29) is 0 Å². The Kier molecular flexibility index (Phi) is 1.58. The van der Waals surface area contributed by atoms with Gasteiger partial charge in [0.25, 0.3) is 0 Å². The first kappa shape index (κ1) is 8.75. The predicted molar refractivity (Wildman–Crippen MR) is 54.7 cm³/mol. The van der Waals surface area contributed by atoms with Gasteiger partial charge < -0.3 is 4.90 Å². The van der Waals surface area contributed by atoms with E-state index in [1.165, 1.54) is 12.8 Å². The highest BCUT2D eigenvalue weighted by atomic mass is 16.2. The number of nitrogens with zero attached hydrogens (tertiary/aromatic N) is 1. The van der Waals surface area contributed by atoms with E-state index in [9.17, 15) is 4.79 Å². The quantitative estimate of drug-likeness (QED) is 0.656. The lowest BCUT2D eigenvalue weighted by atomic mass is 10.1. The second-order valence-electron chi connectivity index (χ2n) is 5.98. The van der Waals surface area contributed by atoms with Crippen LogP contribution in [0.15, 0.2) is 0 Å². The number of fused-ring (bicyclic) bond motifs is 1. The molecular formula is C12H19NO. The molecule has 0 aromatic heterocycles. The lowest BCUT2D eigenvalue weighted by molar-refractivity contribution is -0.131. The summed E-state index contributed by atoms with van der Waals surface area (Å²) in [5, 5.41) is 0. The van der Waals surface area contributed by atoms with Gasteiger partial charge in [-0.1, -0.05) is 13.8 Å². The van der Waals surface area contributed by atoms with Gasteiger partial charge in [-0.2, -0.15) is 0 Å². The van der Waals surface area contributed by atoms with Crippen molar-refractivity contribution in [3.05, 3.63) is 0 Å². The Bertz CT molecular complexity index is 266. The first-order chi connectivity index (χ1) is 6.59. The van der Waals surface area contributed by atoms with Gasteiger partial charge in [-0.05, 0) is 36.0 Å². The molecule has 2 atom stereocenters. The van der Waals surface area contributed by atoms with Crippen molar-refractivity contribution in [2.24, 2.45) is 23.2 Å². The molecule has 14 heavy (non-hydrogen) atoms. The van der Waals surface area contributed by atoms with E-state index in [0.29, 0.717) is 11.3 Å². The molecule has 0 aromatic carbocycles. The second kappa shape index (κ2) is 2.53. The van der Waals surface area contributed by atoms with Crippen LogP contribution in [0.2, 0.25) is 0 Å². The largest absolute Gasteiger partial charge is 0.342 e. The van der Waals surface area contributed by atoms with Gasteiger partial charge in [0.1, 0.15) is 0 Å². The second-order valence-corrected chi connectivity index (χ2v) is 5.98. The number of likely N-dealkylation sites (tertiary alicyclic amines) is 1. The summed E-state index contributed by atoms with van der Waals surface area (Å²) in [5.74, 6) is 2.79. The van der Waals surface area contributed by atoms with Crippen LogP contribution in [0, 0.1) is 23.2 Å². The normalized spacial score (nSPS) is 38.3. The van der Waals surface area contributed by atoms with Crippen molar-refractivity contribution in [1.82, 2.24) is 4.90 Å². The molecule has 0 radical (unpaired) electrons. The van der Waals surface area contributed by atoms with E-state index >= 15 is 0 Å². The third-order valence-electron chi connectivity index (χ3n) is 4.63. The summed E-state index contributed by atoms with van der Waals surface area (Å²) >= 11 is 0. The zero-order chi connectivity index (χ0) is 9.92. The summed E-state index contributed by atoms with van der Waals surface area (Å²) in [5.41, 5.74) is 0.538.